The second-order valence-corrected chi connectivity index (χ2v) is 1.42. The standard InChI is InChI=1S/C4H5NO5/c6-3(7)1-2(5-10)4(8)9/h10H,1H2,(H,6,7)(H,8,9)/b5-2+. The van der Waals surface area contributed by atoms with Crippen molar-refractivity contribution in [2.75, 3.05) is 0 Å². The minimum absolute atomic E-state index is 0.785. The maximum Gasteiger partial charge on any atom is 0.354 e. The summed E-state index contributed by atoms with van der Waals surface area (Å²) in [4.78, 5) is 19.7. The van der Waals surface area contributed by atoms with Gasteiger partial charge in [-0.15, -0.1) is 0 Å². The van der Waals surface area contributed by atoms with Gasteiger partial charge < -0.3 is 15.4 Å². The number of aliphatic carboxylic acids is 2. The fourth-order valence-corrected chi connectivity index (χ4v) is 0.297. The lowest BCUT2D eigenvalue weighted by Gasteiger charge is -1.90. The van der Waals surface area contributed by atoms with Crippen LogP contribution in [0, 0.1) is 0 Å². The molecular weight excluding hydrogens is 142 g/mol. The Balaban J connectivity index is 4.12. The van der Waals surface area contributed by atoms with Crippen LogP contribution in [0.5, 0.6) is 0 Å². The van der Waals surface area contributed by atoms with E-state index in [4.69, 9.17) is 15.4 Å². The Kier molecular flexibility index (Phi) is 2.89. The summed E-state index contributed by atoms with van der Waals surface area (Å²) >= 11 is 0. The maximum atomic E-state index is 9.91. The number of carboxylic acids is 2. The molecule has 10 heavy (non-hydrogen) atoms. The van der Waals surface area contributed by atoms with E-state index in [0.717, 1.165) is 0 Å². The fourth-order valence-electron chi connectivity index (χ4n) is 0.297. The summed E-state index contributed by atoms with van der Waals surface area (Å²) in [6, 6.07) is 0. The summed E-state index contributed by atoms with van der Waals surface area (Å²) in [6.45, 7) is 0. The van der Waals surface area contributed by atoms with Crippen LogP contribution >= 0.6 is 0 Å². The molecule has 0 bridgehead atoms. The van der Waals surface area contributed by atoms with Crippen molar-refractivity contribution < 1.29 is 25.0 Å². The molecular formula is C4H5NO5. The van der Waals surface area contributed by atoms with Gasteiger partial charge in [0.1, 0.15) is 0 Å². The average Bonchev–Trinajstić information content (AvgIpc) is 1.81. The van der Waals surface area contributed by atoms with Crippen LogP contribution in [0.25, 0.3) is 0 Å². The number of oxime groups is 1. The van der Waals surface area contributed by atoms with Gasteiger partial charge in [-0.2, -0.15) is 0 Å². The number of hydrogen-bond acceptors (Lipinski definition) is 4. The molecule has 56 valence electrons. The van der Waals surface area contributed by atoms with Crippen LogP contribution in [0.15, 0.2) is 5.16 Å². The number of carbonyl (C=O) groups is 2. The Morgan fingerprint density at radius 2 is 1.80 bits per heavy atom. The summed E-state index contributed by atoms with van der Waals surface area (Å²) < 4.78 is 0. The zero-order valence-electron chi connectivity index (χ0n) is 4.81. The summed E-state index contributed by atoms with van der Waals surface area (Å²) in [5, 5.41) is 26.2. The Labute approximate surface area is 55.4 Å². The monoisotopic (exact) mass is 147 g/mol. The molecule has 0 saturated heterocycles. The molecule has 0 aliphatic rings. The average molecular weight is 147 g/mol. The summed E-state index contributed by atoms with van der Waals surface area (Å²) in [5.41, 5.74) is -0.785. The van der Waals surface area contributed by atoms with Gasteiger partial charge in [0, 0.05) is 0 Å². The lowest BCUT2D eigenvalue weighted by Crippen LogP contribution is -2.17. The first kappa shape index (κ1) is 8.41. The van der Waals surface area contributed by atoms with Gasteiger partial charge >= 0.3 is 11.9 Å². The molecule has 0 aromatic heterocycles. The first-order valence-electron chi connectivity index (χ1n) is 2.24. The molecule has 0 fully saturated rings. The second kappa shape index (κ2) is 3.44. The van der Waals surface area contributed by atoms with Gasteiger partial charge in [0.05, 0.1) is 6.42 Å². The van der Waals surface area contributed by atoms with Gasteiger partial charge in [0.25, 0.3) is 0 Å². The third-order valence-corrected chi connectivity index (χ3v) is 0.686. The minimum atomic E-state index is -1.54. The third kappa shape index (κ3) is 2.65. The molecule has 0 aromatic carbocycles. The van der Waals surface area contributed by atoms with Gasteiger partial charge in [-0.05, 0) is 0 Å². The van der Waals surface area contributed by atoms with E-state index in [0.29, 0.717) is 0 Å². The number of hydrogen-bond donors (Lipinski definition) is 3. The van der Waals surface area contributed by atoms with E-state index in [1.807, 2.05) is 0 Å². The Morgan fingerprint density at radius 3 is 1.90 bits per heavy atom. The molecule has 0 heterocycles. The Morgan fingerprint density at radius 1 is 1.30 bits per heavy atom. The molecule has 0 spiro atoms. The van der Waals surface area contributed by atoms with Crippen LogP contribution in [-0.4, -0.2) is 33.1 Å². The van der Waals surface area contributed by atoms with Crippen LogP contribution < -0.4 is 0 Å². The normalized spacial score (nSPS) is 11.0. The maximum absolute atomic E-state index is 9.91. The first-order valence-corrected chi connectivity index (χ1v) is 2.24. The van der Waals surface area contributed by atoms with Crippen LogP contribution in [0.2, 0.25) is 0 Å². The van der Waals surface area contributed by atoms with Gasteiger partial charge in [0.15, 0.2) is 5.71 Å². The van der Waals surface area contributed by atoms with Crippen molar-refractivity contribution >= 4 is 17.7 Å². The van der Waals surface area contributed by atoms with Crippen molar-refractivity contribution in [2.24, 2.45) is 5.16 Å². The largest absolute Gasteiger partial charge is 0.481 e. The Bertz CT molecular complexity index is 184. The molecule has 0 aliphatic carbocycles. The van der Waals surface area contributed by atoms with Crippen LogP contribution in [-0.2, 0) is 9.59 Å². The molecule has 6 heteroatoms. The molecule has 6 nitrogen and oxygen atoms in total. The van der Waals surface area contributed by atoms with E-state index >= 15 is 0 Å². The van der Waals surface area contributed by atoms with E-state index in [1.54, 1.807) is 0 Å². The highest BCUT2D eigenvalue weighted by atomic mass is 16.4. The summed E-state index contributed by atoms with van der Waals surface area (Å²) in [7, 11) is 0. The lowest BCUT2D eigenvalue weighted by molar-refractivity contribution is -0.137. The number of nitrogens with zero attached hydrogens (tertiary/aromatic N) is 1. The predicted molar refractivity (Wildman–Crippen MR) is 29.1 cm³/mol. The molecule has 0 atom stereocenters. The summed E-state index contributed by atoms with van der Waals surface area (Å²) in [6.07, 6.45) is -0.786. The van der Waals surface area contributed by atoms with Crippen LogP contribution in [0.3, 0.4) is 0 Å². The zero-order valence-corrected chi connectivity index (χ0v) is 4.81. The first-order chi connectivity index (χ1) is 4.57. The van der Waals surface area contributed by atoms with E-state index in [9.17, 15) is 9.59 Å². The second-order valence-electron chi connectivity index (χ2n) is 1.42. The van der Waals surface area contributed by atoms with Crippen molar-refractivity contribution in [3.8, 4) is 0 Å². The van der Waals surface area contributed by atoms with Crippen molar-refractivity contribution in [1.82, 2.24) is 0 Å². The predicted octanol–water partition coefficient (Wildman–Crippen LogP) is -0.624. The van der Waals surface area contributed by atoms with Crippen molar-refractivity contribution in [3.63, 3.8) is 0 Å². The number of rotatable bonds is 3. The lowest BCUT2D eigenvalue weighted by atomic mass is 10.3. The van der Waals surface area contributed by atoms with Gasteiger partial charge in [-0.3, -0.25) is 4.79 Å². The van der Waals surface area contributed by atoms with Crippen molar-refractivity contribution in [2.45, 2.75) is 6.42 Å². The number of carboxylic acid groups (broad SMARTS) is 2. The summed E-state index contributed by atoms with van der Waals surface area (Å²) in [5.74, 6) is -2.89. The van der Waals surface area contributed by atoms with Crippen LogP contribution in [0.4, 0.5) is 0 Å². The molecule has 0 aliphatic heterocycles. The molecule has 0 saturated carbocycles. The highest BCUT2D eigenvalue weighted by Gasteiger charge is 2.13. The topological polar surface area (TPSA) is 107 Å². The van der Waals surface area contributed by atoms with Crippen LogP contribution in [0.1, 0.15) is 6.42 Å². The SMILES string of the molecule is O=C(O)C/C(=N\O)C(=O)O. The van der Waals surface area contributed by atoms with E-state index in [1.165, 1.54) is 0 Å². The van der Waals surface area contributed by atoms with Crippen molar-refractivity contribution in [3.05, 3.63) is 0 Å². The molecule has 0 radical (unpaired) electrons. The minimum Gasteiger partial charge on any atom is -0.481 e. The van der Waals surface area contributed by atoms with E-state index < -0.39 is 24.1 Å². The highest BCUT2D eigenvalue weighted by molar-refractivity contribution is 6.38. The molecule has 3 N–H and O–H groups in total. The fraction of sp³-hybridized carbons (Fsp3) is 0.250. The quantitative estimate of drug-likeness (QED) is 0.280. The van der Waals surface area contributed by atoms with Gasteiger partial charge in [0.2, 0.25) is 0 Å². The van der Waals surface area contributed by atoms with Gasteiger partial charge in [-0.1, -0.05) is 5.16 Å². The smallest absolute Gasteiger partial charge is 0.354 e. The molecule has 0 aromatic rings. The third-order valence-electron chi connectivity index (χ3n) is 0.686. The molecule has 0 rings (SSSR count). The van der Waals surface area contributed by atoms with E-state index in [2.05, 4.69) is 5.16 Å². The molecule has 0 unspecified atom stereocenters. The van der Waals surface area contributed by atoms with Crippen molar-refractivity contribution in [1.29, 1.82) is 0 Å². The van der Waals surface area contributed by atoms with Gasteiger partial charge in [-0.25, -0.2) is 4.79 Å². The van der Waals surface area contributed by atoms with E-state index in [-0.39, 0.29) is 0 Å². The zero-order chi connectivity index (χ0) is 8.15. The Hall–Kier alpha value is -1.59. The highest BCUT2D eigenvalue weighted by Crippen LogP contribution is 1.85. The molecule has 0 amide bonds.